The number of dihydropyridines is 1. The average molecular weight is 193 g/mol. The third kappa shape index (κ3) is 1.87. The van der Waals surface area contributed by atoms with E-state index in [1.165, 1.54) is 0 Å². The predicted molar refractivity (Wildman–Crippen MR) is 55.5 cm³/mol. The fourth-order valence-electron chi connectivity index (χ4n) is 1.13. The molecule has 0 aromatic rings. The van der Waals surface area contributed by atoms with Crippen LogP contribution in [0.5, 0.6) is 0 Å². The van der Waals surface area contributed by atoms with E-state index in [1.807, 2.05) is 25.2 Å². The third-order valence-corrected chi connectivity index (χ3v) is 2.40. The van der Waals surface area contributed by atoms with Gasteiger partial charge in [-0.3, -0.25) is 4.79 Å². The number of rotatable bonds is 2. The zero-order chi connectivity index (χ0) is 10.8. The van der Waals surface area contributed by atoms with Crippen molar-refractivity contribution in [1.29, 1.82) is 0 Å². The van der Waals surface area contributed by atoms with Gasteiger partial charge in [-0.15, -0.1) is 0 Å². The Morgan fingerprint density at radius 3 is 2.50 bits per heavy atom. The summed E-state index contributed by atoms with van der Waals surface area (Å²) in [7, 11) is 0. The lowest BCUT2D eigenvalue weighted by Gasteiger charge is -2.23. The molecule has 14 heavy (non-hydrogen) atoms. The number of carbonyl (C=O) groups is 1. The molecule has 0 unspecified atom stereocenters. The van der Waals surface area contributed by atoms with Crippen LogP contribution >= 0.6 is 0 Å². The molecule has 76 valence electrons. The number of aliphatic carboxylic acids is 1. The zero-order valence-corrected chi connectivity index (χ0v) is 8.66. The average Bonchev–Trinajstić information content (AvgIpc) is 2.17. The number of allylic oxidation sites excluding steroid dienone is 3. The highest BCUT2D eigenvalue weighted by Crippen LogP contribution is 2.28. The summed E-state index contributed by atoms with van der Waals surface area (Å²) in [5.74, 6) is -0.820. The second-order valence-corrected chi connectivity index (χ2v) is 3.75. The lowest BCUT2D eigenvalue weighted by atomic mass is 9.83. The Kier molecular flexibility index (Phi) is 2.79. The van der Waals surface area contributed by atoms with Crippen molar-refractivity contribution in [3.8, 4) is 0 Å². The van der Waals surface area contributed by atoms with E-state index < -0.39 is 11.4 Å². The van der Waals surface area contributed by atoms with Gasteiger partial charge in [-0.05, 0) is 32.4 Å². The van der Waals surface area contributed by atoms with Gasteiger partial charge < -0.3 is 10.4 Å². The van der Waals surface area contributed by atoms with Crippen LogP contribution in [0.15, 0.2) is 35.7 Å². The maximum atomic E-state index is 11.0. The number of hydrogen-bond donors (Lipinski definition) is 2. The molecule has 3 nitrogen and oxygen atoms in total. The van der Waals surface area contributed by atoms with Crippen molar-refractivity contribution < 1.29 is 9.90 Å². The summed E-state index contributed by atoms with van der Waals surface area (Å²) >= 11 is 0. The second kappa shape index (κ2) is 3.70. The Morgan fingerprint density at radius 2 is 2.14 bits per heavy atom. The van der Waals surface area contributed by atoms with E-state index >= 15 is 0 Å². The highest BCUT2D eigenvalue weighted by molar-refractivity contribution is 5.78. The third-order valence-electron chi connectivity index (χ3n) is 2.40. The molecular formula is C11H15NO2. The molecule has 0 amide bonds. The molecule has 2 N–H and O–H groups in total. The molecule has 0 saturated heterocycles. The molecule has 1 rings (SSSR count). The maximum Gasteiger partial charge on any atom is 0.313 e. The van der Waals surface area contributed by atoms with E-state index in [0.29, 0.717) is 0 Å². The van der Waals surface area contributed by atoms with Crippen molar-refractivity contribution >= 4 is 5.97 Å². The highest BCUT2D eigenvalue weighted by Gasteiger charge is 2.31. The molecule has 0 aliphatic carbocycles. The monoisotopic (exact) mass is 193 g/mol. The fraction of sp³-hybridized carbons (Fsp3) is 0.364. The largest absolute Gasteiger partial charge is 0.481 e. The van der Waals surface area contributed by atoms with Crippen LogP contribution in [0.1, 0.15) is 20.8 Å². The first kappa shape index (κ1) is 10.6. The van der Waals surface area contributed by atoms with Gasteiger partial charge in [0.15, 0.2) is 0 Å². The smallest absolute Gasteiger partial charge is 0.313 e. The van der Waals surface area contributed by atoms with Gasteiger partial charge in [0.1, 0.15) is 0 Å². The van der Waals surface area contributed by atoms with E-state index in [9.17, 15) is 4.79 Å². The standard InChI is InChI=1S/C11H15NO2/c1-4-9-6-5-8(7-12-9)11(2,3)10(13)14/h4-7,12H,1-3H3,(H,13,14)/b9-4-. The number of carboxylic acid groups (broad SMARTS) is 1. The molecule has 0 aromatic heterocycles. The Balaban J connectivity index is 2.90. The molecule has 0 fully saturated rings. The number of nitrogens with one attached hydrogen (secondary N) is 1. The lowest BCUT2D eigenvalue weighted by Crippen LogP contribution is -2.27. The van der Waals surface area contributed by atoms with Crippen molar-refractivity contribution in [3.05, 3.63) is 35.7 Å². The Hall–Kier alpha value is -1.51. The lowest BCUT2D eigenvalue weighted by molar-refractivity contribution is -0.144. The summed E-state index contributed by atoms with van der Waals surface area (Å²) in [4.78, 5) is 11.0. The maximum absolute atomic E-state index is 11.0. The summed E-state index contributed by atoms with van der Waals surface area (Å²) in [6.45, 7) is 5.30. The van der Waals surface area contributed by atoms with Gasteiger partial charge in [-0.1, -0.05) is 12.2 Å². The molecule has 1 aliphatic heterocycles. The summed E-state index contributed by atoms with van der Waals surface area (Å²) in [5, 5.41) is 12.0. The van der Waals surface area contributed by atoms with Gasteiger partial charge in [0.05, 0.1) is 5.41 Å². The van der Waals surface area contributed by atoms with Crippen molar-refractivity contribution in [2.75, 3.05) is 0 Å². The highest BCUT2D eigenvalue weighted by atomic mass is 16.4. The van der Waals surface area contributed by atoms with Crippen molar-refractivity contribution in [3.63, 3.8) is 0 Å². The minimum Gasteiger partial charge on any atom is -0.481 e. The minimum atomic E-state index is -0.844. The SMILES string of the molecule is C/C=C1/C=CC(C(C)(C)C(=O)O)=CN1. The van der Waals surface area contributed by atoms with Crippen molar-refractivity contribution in [2.45, 2.75) is 20.8 Å². The van der Waals surface area contributed by atoms with Gasteiger partial charge in [-0.2, -0.15) is 0 Å². The molecule has 0 saturated carbocycles. The first-order chi connectivity index (χ1) is 6.48. The Morgan fingerprint density at radius 1 is 1.50 bits per heavy atom. The second-order valence-electron chi connectivity index (χ2n) is 3.75. The molecule has 1 aliphatic rings. The van der Waals surface area contributed by atoms with Crippen LogP contribution < -0.4 is 5.32 Å². The minimum absolute atomic E-state index is 0.774. The molecule has 0 aromatic carbocycles. The fourth-order valence-corrected chi connectivity index (χ4v) is 1.13. The van der Waals surface area contributed by atoms with Crippen LogP contribution in [0.25, 0.3) is 0 Å². The molecule has 0 radical (unpaired) electrons. The van der Waals surface area contributed by atoms with E-state index in [1.54, 1.807) is 20.0 Å². The first-order valence-electron chi connectivity index (χ1n) is 4.53. The van der Waals surface area contributed by atoms with Crippen LogP contribution in [0.2, 0.25) is 0 Å². The van der Waals surface area contributed by atoms with Crippen LogP contribution in [0.4, 0.5) is 0 Å². The number of hydrogen-bond acceptors (Lipinski definition) is 2. The summed E-state index contributed by atoms with van der Waals surface area (Å²) in [6.07, 6.45) is 7.38. The molecule has 0 spiro atoms. The molecular weight excluding hydrogens is 178 g/mol. The molecule has 3 heteroatoms. The van der Waals surface area contributed by atoms with E-state index in [4.69, 9.17) is 5.11 Å². The summed E-state index contributed by atoms with van der Waals surface area (Å²) in [5.41, 5.74) is 0.911. The number of carboxylic acids is 1. The van der Waals surface area contributed by atoms with Crippen LogP contribution in [0, 0.1) is 5.41 Å². The van der Waals surface area contributed by atoms with Crippen LogP contribution in [-0.4, -0.2) is 11.1 Å². The topological polar surface area (TPSA) is 49.3 Å². The van der Waals surface area contributed by atoms with Crippen molar-refractivity contribution in [2.24, 2.45) is 5.41 Å². The molecule has 0 bridgehead atoms. The quantitative estimate of drug-likeness (QED) is 0.705. The first-order valence-corrected chi connectivity index (χ1v) is 4.53. The summed E-state index contributed by atoms with van der Waals surface area (Å²) < 4.78 is 0. The summed E-state index contributed by atoms with van der Waals surface area (Å²) in [6, 6.07) is 0. The van der Waals surface area contributed by atoms with Crippen molar-refractivity contribution in [1.82, 2.24) is 5.32 Å². The zero-order valence-electron chi connectivity index (χ0n) is 8.66. The van der Waals surface area contributed by atoms with Gasteiger partial charge >= 0.3 is 5.97 Å². The van der Waals surface area contributed by atoms with Gasteiger partial charge in [-0.25, -0.2) is 0 Å². The molecule has 0 atom stereocenters. The van der Waals surface area contributed by atoms with Crippen LogP contribution in [-0.2, 0) is 4.79 Å². The normalized spacial score (nSPS) is 19.1. The molecule has 1 heterocycles. The van der Waals surface area contributed by atoms with E-state index in [2.05, 4.69) is 5.32 Å². The van der Waals surface area contributed by atoms with Gasteiger partial charge in [0, 0.05) is 11.9 Å². The van der Waals surface area contributed by atoms with Gasteiger partial charge in [0.25, 0.3) is 0 Å². The van der Waals surface area contributed by atoms with E-state index in [0.717, 1.165) is 11.3 Å². The Bertz CT molecular complexity index is 335. The van der Waals surface area contributed by atoms with Gasteiger partial charge in [0.2, 0.25) is 0 Å². The predicted octanol–water partition coefficient (Wildman–Crippen LogP) is 2.04. The van der Waals surface area contributed by atoms with Crippen LogP contribution in [0.3, 0.4) is 0 Å². The Labute approximate surface area is 83.8 Å². The van der Waals surface area contributed by atoms with E-state index in [-0.39, 0.29) is 0 Å².